The second-order valence-corrected chi connectivity index (χ2v) is 7.28. The molecule has 144 valence electrons. The van der Waals surface area contributed by atoms with Crippen LogP contribution in [0.15, 0.2) is 42.5 Å². The summed E-state index contributed by atoms with van der Waals surface area (Å²) in [5.41, 5.74) is 2.06. The average molecular weight is 396 g/mol. The minimum absolute atomic E-state index is 0.0341. The molecule has 0 bridgehead atoms. The van der Waals surface area contributed by atoms with E-state index in [4.69, 9.17) is 21.1 Å². The van der Waals surface area contributed by atoms with Crippen molar-refractivity contribution in [1.82, 2.24) is 0 Å². The number of benzene rings is 2. The van der Waals surface area contributed by atoms with Crippen LogP contribution in [0.5, 0.6) is 11.5 Å². The summed E-state index contributed by atoms with van der Waals surface area (Å²) >= 11 is 5.91. The smallest absolute Gasteiger partial charge is 0.314 e. The Kier molecular flexibility index (Phi) is 6.73. The molecule has 0 aromatic heterocycles. The monoisotopic (exact) mass is 395 g/mol. The van der Waals surface area contributed by atoms with Crippen molar-refractivity contribution in [2.24, 2.45) is 5.92 Å². The van der Waals surface area contributed by atoms with E-state index >= 15 is 0 Å². The molecule has 0 atom stereocenters. The van der Waals surface area contributed by atoms with E-state index in [1.54, 1.807) is 48.5 Å². The molecule has 28 heavy (non-hydrogen) atoms. The molecular weight excluding hydrogens is 374 g/mol. The van der Waals surface area contributed by atoms with Crippen LogP contribution in [0.1, 0.15) is 43.2 Å². The maximum absolute atomic E-state index is 12.4. The Balaban J connectivity index is 1.81. The lowest BCUT2D eigenvalue weighted by Gasteiger charge is -2.20. The first-order chi connectivity index (χ1) is 13.6. The Bertz CT molecular complexity index is 906. The second kappa shape index (κ2) is 9.43. The molecule has 1 saturated carbocycles. The molecule has 0 unspecified atom stereocenters. The maximum atomic E-state index is 12.4. The maximum Gasteiger partial charge on any atom is 0.314 e. The van der Waals surface area contributed by atoms with Crippen LogP contribution < -0.4 is 9.47 Å². The van der Waals surface area contributed by atoms with Gasteiger partial charge in [0.1, 0.15) is 0 Å². The number of nitriles is 1. The molecule has 0 saturated heterocycles. The minimum atomic E-state index is -0.194. The van der Waals surface area contributed by atoms with Crippen molar-refractivity contribution < 1.29 is 14.3 Å². The van der Waals surface area contributed by atoms with E-state index in [0.717, 1.165) is 36.8 Å². The highest BCUT2D eigenvalue weighted by atomic mass is 35.5. The molecule has 1 aliphatic carbocycles. The van der Waals surface area contributed by atoms with Gasteiger partial charge in [0.15, 0.2) is 11.5 Å². The van der Waals surface area contributed by atoms with Gasteiger partial charge < -0.3 is 9.47 Å². The molecule has 1 aliphatic rings. The van der Waals surface area contributed by atoms with Crippen LogP contribution in [-0.2, 0) is 4.79 Å². The molecule has 2 aromatic rings. The topological polar surface area (TPSA) is 59.3 Å². The van der Waals surface area contributed by atoms with Crippen LogP contribution in [0.25, 0.3) is 11.6 Å². The lowest BCUT2D eigenvalue weighted by molar-refractivity contribution is -0.140. The highest BCUT2D eigenvalue weighted by molar-refractivity contribution is 6.30. The number of hydrogen-bond donors (Lipinski definition) is 0. The van der Waals surface area contributed by atoms with Crippen LogP contribution in [0.2, 0.25) is 5.02 Å². The van der Waals surface area contributed by atoms with Crippen LogP contribution in [0.3, 0.4) is 0 Å². The third-order valence-corrected chi connectivity index (χ3v) is 5.18. The Morgan fingerprint density at radius 2 is 1.82 bits per heavy atom. The van der Waals surface area contributed by atoms with Gasteiger partial charge >= 0.3 is 5.97 Å². The SMILES string of the molecule is COc1cc(C=C(C#N)c2ccc(Cl)cc2)ccc1OC(=O)C1CCCCC1. The minimum Gasteiger partial charge on any atom is -0.493 e. The van der Waals surface area contributed by atoms with Gasteiger partial charge in [0.2, 0.25) is 0 Å². The summed E-state index contributed by atoms with van der Waals surface area (Å²) in [6, 6.07) is 14.6. The number of rotatable bonds is 5. The fourth-order valence-electron chi connectivity index (χ4n) is 3.36. The van der Waals surface area contributed by atoms with Gasteiger partial charge in [0.05, 0.1) is 24.7 Å². The van der Waals surface area contributed by atoms with Gasteiger partial charge in [0, 0.05) is 5.02 Å². The summed E-state index contributed by atoms with van der Waals surface area (Å²) in [6.07, 6.45) is 6.86. The van der Waals surface area contributed by atoms with Gasteiger partial charge in [0.25, 0.3) is 0 Å². The summed E-state index contributed by atoms with van der Waals surface area (Å²) in [7, 11) is 1.53. The van der Waals surface area contributed by atoms with E-state index in [0.29, 0.717) is 22.1 Å². The van der Waals surface area contributed by atoms with Crippen molar-refractivity contribution >= 4 is 29.2 Å². The van der Waals surface area contributed by atoms with Gasteiger partial charge in [-0.3, -0.25) is 4.79 Å². The fraction of sp³-hybridized carbons (Fsp3) is 0.304. The number of carbonyl (C=O) groups excluding carboxylic acids is 1. The second-order valence-electron chi connectivity index (χ2n) is 6.84. The Labute approximate surface area is 170 Å². The van der Waals surface area contributed by atoms with Gasteiger partial charge in [-0.05, 0) is 54.3 Å². The zero-order valence-corrected chi connectivity index (χ0v) is 16.5. The average Bonchev–Trinajstić information content (AvgIpc) is 2.74. The lowest BCUT2D eigenvalue weighted by Crippen LogP contribution is -2.22. The molecule has 2 aromatic carbocycles. The van der Waals surface area contributed by atoms with Crippen molar-refractivity contribution in [3.8, 4) is 17.6 Å². The molecule has 0 aliphatic heterocycles. The van der Waals surface area contributed by atoms with Crippen LogP contribution in [0, 0.1) is 17.2 Å². The number of hydrogen-bond acceptors (Lipinski definition) is 4. The van der Waals surface area contributed by atoms with E-state index < -0.39 is 0 Å². The van der Waals surface area contributed by atoms with Crippen molar-refractivity contribution in [3.63, 3.8) is 0 Å². The number of ether oxygens (including phenoxy) is 2. The summed E-state index contributed by atoms with van der Waals surface area (Å²) in [5, 5.41) is 10.1. The molecule has 0 heterocycles. The third kappa shape index (κ3) is 4.94. The van der Waals surface area contributed by atoms with E-state index in [9.17, 15) is 10.1 Å². The van der Waals surface area contributed by atoms with E-state index in [1.807, 2.05) is 0 Å². The molecule has 3 rings (SSSR count). The first-order valence-electron chi connectivity index (χ1n) is 9.38. The van der Waals surface area contributed by atoms with Crippen molar-refractivity contribution in [2.45, 2.75) is 32.1 Å². The van der Waals surface area contributed by atoms with Crippen LogP contribution in [0.4, 0.5) is 0 Å². The molecule has 0 radical (unpaired) electrons. The van der Waals surface area contributed by atoms with Gasteiger partial charge in [-0.2, -0.15) is 5.26 Å². The predicted molar refractivity (Wildman–Crippen MR) is 110 cm³/mol. The number of allylic oxidation sites excluding steroid dienone is 1. The van der Waals surface area contributed by atoms with Crippen LogP contribution in [-0.4, -0.2) is 13.1 Å². The van der Waals surface area contributed by atoms with E-state index in [-0.39, 0.29) is 11.9 Å². The Morgan fingerprint density at radius 3 is 2.46 bits per heavy atom. The Morgan fingerprint density at radius 1 is 1.11 bits per heavy atom. The van der Waals surface area contributed by atoms with E-state index in [2.05, 4.69) is 6.07 Å². The number of esters is 1. The van der Waals surface area contributed by atoms with E-state index in [1.165, 1.54) is 13.5 Å². The summed E-state index contributed by atoms with van der Waals surface area (Å²) in [4.78, 5) is 12.4. The summed E-state index contributed by atoms with van der Waals surface area (Å²) in [6.45, 7) is 0. The fourth-order valence-corrected chi connectivity index (χ4v) is 3.49. The number of carbonyl (C=O) groups is 1. The zero-order valence-electron chi connectivity index (χ0n) is 15.8. The predicted octanol–water partition coefficient (Wildman–Crippen LogP) is 5.90. The molecular formula is C23H22ClNO3. The molecule has 0 N–H and O–H groups in total. The third-order valence-electron chi connectivity index (χ3n) is 4.92. The van der Waals surface area contributed by atoms with Gasteiger partial charge in [-0.1, -0.05) is 49.1 Å². The molecule has 0 amide bonds. The van der Waals surface area contributed by atoms with Gasteiger partial charge in [-0.15, -0.1) is 0 Å². The van der Waals surface area contributed by atoms with Crippen molar-refractivity contribution in [2.75, 3.05) is 7.11 Å². The number of methoxy groups -OCH3 is 1. The number of nitrogens with zero attached hydrogens (tertiary/aromatic N) is 1. The Hall–Kier alpha value is -2.77. The largest absolute Gasteiger partial charge is 0.493 e. The molecule has 5 heteroatoms. The molecule has 4 nitrogen and oxygen atoms in total. The zero-order chi connectivity index (χ0) is 19.9. The quantitative estimate of drug-likeness (QED) is 0.274. The number of halogens is 1. The highest BCUT2D eigenvalue weighted by Gasteiger charge is 2.24. The normalized spacial score (nSPS) is 15.0. The lowest BCUT2D eigenvalue weighted by atomic mass is 9.89. The van der Waals surface area contributed by atoms with Gasteiger partial charge in [-0.25, -0.2) is 0 Å². The summed E-state index contributed by atoms with van der Waals surface area (Å²) in [5.74, 6) is 0.639. The highest BCUT2D eigenvalue weighted by Crippen LogP contribution is 2.32. The van der Waals surface area contributed by atoms with Crippen molar-refractivity contribution in [1.29, 1.82) is 5.26 Å². The first-order valence-corrected chi connectivity index (χ1v) is 9.76. The first kappa shape index (κ1) is 20.0. The van der Waals surface area contributed by atoms with Crippen LogP contribution >= 0.6 is 11.6 Å². The molecule has 0 spiro atoms. The molecule has 1 fully saturated rings. The summed E-state index contributed by atoms with van der Waals surface area (Å²) < 4.78 is 11.0. The standard InChI is InChI=1S/C23H22ClNO3/c1-27-22-14-16(13-19(15-25)17-8-10-20(24)11-9-17)7-12-21(22)28-23(26)18-5-3-2-4-6-18/h7-14,18H,2-6H2,1H3. The van der Waals surface area contributed by atoms with Crippen molar-refractivity contribution in [3.05, 3.63) is 58.6 Å².